The lowest BCUT2D eigenvalue weighted by atomic mass is 9.93. The molecular formula is C19H23N3O2. The van der Waals surface area contributed by atoms with Crippen molar-refractivity contribution >= 4 is 11.6 Å². The number of carbonyl (C=O) groups excluding carboxylic acids is 1. The maximum absolute atomic E-state index is 12.7. The Labute approximate surface area is 142 Å². The van der Waals surface area contributed by atoms with Gasteiger partial charge in [-0.25, -0.2) is 0 Å². The number of aromatic nitrogens is 1. The van der Waals surface area contributed by atoms with Crippen molar-refractivity contribution in [1.82, 2.24) is 9.88 Å². The average Bonchev–Trinajstić information content (AvgIpc) is 2.63. The minimum absolute atomic E-state index is 0.00538. The highest BCUT2D eigenvalue weighted by Gasteiger charge is 2.34. The first-order valence-electron chi connectivity index (χ1n) is 8.26. The van der Waals surface area contributed by atoms with E-state index in [1.54, 1.807) is 31.6 Å². The molecule has 5 nitrogen and oxygen atoms in total. The van der Waals surface area contributed by atoms with E-state index in [2.05, 4.69) is 27.3 Å². The molecule has 1 aromatic carbocycles. The third kappa shape index (κ3) is 4.19. The maximum Gasteiger partial charge on any atom is 0.231 e. The summed E-state index contributed by atoms with van der Waals surface area (Å²) in [7, 11) is 1.68. The zero-order valence-corrected chi connectivity index (χ0v) is 13.9. The third-order valence-electron chi connectivity index (χ3n) is 4.47. The van der Waals surface area contributed by atoms with Crippen molar-refractivity contribution in [2.45, 2.75) is 19.1 Å². The number of pyridine rings is 1. The summed E-state index contributed by atoms with van der Waals surface area (Å²) >= 11 is 0. The van der Waals surface area contributed by atoms with Crippen LogP contribution in [0.3, 0.4) is 0 Å². The molecule has 2 unspecified atom stereocenters. The predicted octanol–water partition coefficient (Wildman–Crippen LogP) is 2.56. The molecule has 0 bridgehead atoms. The summed E-state index contributed by atoms with van der Waals surface area (Å²) in [4.78, 5) is 19.0. The van der Waals surface area contributed by atoms with Gasteiger partial charge in [-0.1, -0.05) is 30.3 Å². The van der Waals surface area contributed by atoms with Crippen LogP contribution < -0.4 is 5.32 Å². The molecule has 0 aliphatic carbocycles. The Hall–Kier alpha value is -2.24. The zero-order chi connectivity index (χ0) is 16.8. The number of nitrogens with zero attached hydrogens (tertiary/aromatic N) is 2. The molecule has 1 N–H and O–H groups in total. The molecule has 0 radical (unpaired) electrons. The number of hydrogen-bond donors (Lipinski definition) is 1. The summed E-state index contributed by atoms with van der Waals surface area (Å²) in [6.07, 6.45) is 4.16. The molecule has 2 aromatic rings. The zero-order valence-electron chi connectivity index (χ0n) is 13.9. The van der Waals surface area contributed by atoms with Crippen molar-refractivity contribution < 1.29 is 9.53 Å². The van der Waals surface area contributed by atoms with Gasteiger partial charge in [0.2, 0.25) is 5.91 Å². The van der Waals surface area contributed by atoms with Crippen molar-refractivity contribution in [1.29, 1.82) is 0 Å². The minimum atomic E-state index is -0.180. The van der Waals surface area contributed by atoms with Crippen molar-refractivity contribution in [3.63, 3.8) is 0 Å². The van der Waals surface area contributed by atoms with Gasteiger partial charge in [-0.05, 0) is 24.1 Å². The van der Waals surface area contributed by atoms with Crippen LogP contribution in [-0.2, 0) is 16.1 Å². The monoisotopic (exact) mass is 325 g/mol. The van der Waals surface area contributed by atoms with Crippen molar-refractivity contribution in [2.24, 2.45) is 5.92 Å². The summed E-state index contributed by atoms with van der Waals surface area (Å²) in [6.45, 7) is 2.49. The normalized spacial score (nSPS) is 21.4. The van der Waals surface area contributed by atoms with Crippen LogP contribution in [0, 0.1) is 5.92 Å². The minimum Gasteiger partial charge on any atom is -0.381 e. The molecule has 2 atom stereocenters. The highest BCUT2D eigenvalue weighted by molar-refractivity contribution is 5.93. The molecule has 3 rings (SSSR count). The van der Waals surface area contributed by atoms with Gasteiger partial charge >= 0.3 is 0 Å². The fourth-order valence-corrected chi connectivity index (χ4v) is 3.19. The van der Waals surface area contributed by atoms with E-state index in [1.165, 1.54) is 5.56 Å². The van der Waals surface area contributed by atoms with Gasteiger partial charge in [0.25, 0.3) is 0 Å². The number of benzene rings is 1. The van der Waals surface area contributed by atoms with Gasteiger partial charge in [0.05, 0.1) is 12.0 Å². The lowest BCUT2D eigenvalue weighted by Crippen LogP contribution is -2.48. The summed E-state index contributed by atoms with van der Waals surface area (Å²) in [5, 5.41) is 2.97. The topological polar surface area (TPSA) is 54.5 Å². The van der Waals surface area contributed by atoms with Crippen LogP contribution >= 0.6 is 0 Å². The second-order valence-electron chi connectivity index (χ2n) is 6.12. The number of amides is 1. The van der Waals surface area contributed by atoms with Crippen LogP contribution in [0.25, 0.3) is 0 Å². The number of likely N-dealkylation sites (tertiary alicyclic amines) is 1. The van der Waals surface area contributed by atoms with Crippen LogP contribution in [0.4, 0.5) is 5.69 Å². The fraction of sp³-hybridized carbons (Fsp3) is 0.368. The first kappa shape index (κ1) is 16.6. The largest absolute Gasteiger partial charge is 0.381 e. The molecule has 2 heterocycles. The number of rotatable bonds is 5. The predicted molar refractivity (Wildman–Crippen MR) is 93.5 cm³/mol. The molecule has 1 aliphatic heterocycles. The van der Waals surface area contributed by atoms with Gasteiger partial charge in [-0.15, -0.1) is 0 Å². The van der Waals surface area contributed by atoms with Gasteiger partial charge in [0.15, 0.2) is 0 Å². The highest BCUT2D eigenvalue weighted by atomic mass is 16.5. The summed E-state index contributed by atoms with van der Waals surface area (Å²) in [6, 6.07) is 13.9. The van der Waals surface area contributed by atoms with Gasteiger partial charge in [0.1, 0.15) is 0 Å². The van der Waals surface area contributed by atoms with E-state index in [0.717, 1.165) is 25.2 Å². The number of carbonyl (C=O) groups is 1. The summed E-state index contributed by atoms with van der Waals surface area (Å²) < 4.78 is 5.56. The Morgan fingerprint density at radius 1 is 1.25 bits per heavy atom. The molecular weight excluding hydrogens is 302 g/mol. The SMILES string of the molecule is COC1CCN(Cc2ccccc2)CC1C(=O)Nc1ccncc1. The quantitative estimate of drug-likeness (QED) is 0.918. The van der Waals surface area contributed by atoms with Gasteiger partial charge < -0.3 is 10.1 Å². The molecule has 1 saturated heterocycles. The lowest BCUT2D eigenvalue weighted by Gasteiger charge is -2.37. The number of ether oxygens (including phenoxy) is 1. The van der Waals surface area contributed by atoms with E-state index in [1.807, 2.05) is 18.2 Å². The Bertz CT molecular complexity index is 648. The van der Waals surface area contributed by atoms with Crippen LogP contribution in [0.5, 0.6) is 0 Å². The lowest BCUT2D eigenvalue weighted by molar-refractivity contribution is -0.128. The average molecular weight is 325 g/mol. The highest BCUT2D eigenvalue weighted by Crippen LogP contribution is 2.23. The Morgan fingerprint density at radius 2 is 2.00 bits per heavy atom. The van der Waals surface area contributed by atoms with E-state index in [-0.39, 0.29) is 17.9 Å². The summed E-state index contributed by atoms with van der Waals surface area (Å²) in [5.74, 6) is -0.175. The molecule has 5 heteroatoms. The van der Waals surface area contributed by atoms with Gasteiger partial charge in [-0.2, -0.15) is 0 Å². The number of nitrogens with one attached hydrogen (secondary N) is 1. The van der Waals surface area contributed by atoms with Crippen LogP contribution in [0.2, 0.25) is 0 Å². The van der Waals surface area contributed by atoms with Crippen molar-refractivity contribution in [3.05, 3.63) is 60.4 Å². The van der Waals surface area contributed by atoms with Gasteiger partial charge in [-0.3, -0.25) is 14.7 Å². The molecule has 24 heavy (non-hydrogen) atoms. The molecule has 1 aliphatic rings. The first-order chi connectivity index (χ1) is 11.8. The third-order valence-corrected chi connectivity index (χ3v) is 4.47. The number of methoxy groups -OCH3 is 1. The number of anilines is 1. The fourth-order valence-electron chi connectivity index (χ4n) is 3.19. The molecule has 126 valence electrons. The molecule has 0 spiro atoms. The van der Waals surface area contributed by atoms with E-state index in [4.69, 9.17) is 4.74 Å². The van der Waals surface area contributed by atoms with E-state index < -0.39 is 0 Å². The maximum atomic E-state index is 12.7. The van der Waals surface area contributed by atoms with E-state index in [0.29, 0.717) is 6.54 Å². The molecule has 1 aromatic heterocycles. The van der Waals surface area contributed by atoms with Crippen LogP contribution in [0.15, 0.2) is 54.9 Å². The number of hydrogen-bond acceptors (Lipinski definition) is 4. The Kier molecular flexibility index (Phi) is 5.56. The summed E-state index contributed by atoms with van der Waals surface area (Å²) in [5.41, 5.74) is 2.03. The van der Waals surface area contributed by atoms with Crippen molar-refractivity contribution in [3.8, 4) is 0 Å². The molecule has 1 fully saturated rings. The van der Waals surface area contributed by atoms with E-state index in [9.17, 15) is 4.79 Å². The van der Waals surface area contributed by atoms with E-state index >= 15 is 0 Å². The standard InChI is InChI=1S/C19H23N3O2/c1-24-18-9-12-22(13-15-5-3-2-4-6-15)14-17(18)19(23)21-16-7-10-20-11-8-16/h2-8,10-11,17-18H,9,12-14H2,1H3,(H,20,21,23). The van der Waals surface area contributed by atoms with Crippen molar-refractivity contribution in [2.75, 3.05) is 25.5 Å². The second kappa shape index (κ2) is 8.04. The smallest absolute Gasteiger partial charge is 0.231 e. The van der Waals surface area contributed by atoms with Crippen LogP contribution in [0.1, 0.15) is 12.0 Å². The second-order valence-corrected chi connectivity index (χ2v) is 6.12. The van der Waals surface area contributed by atoms with Gasteiger partial charge in [0, 0.05) is 44.8 Å². The van der Waals surface area contributed by atoms with Crippen LogP contribution in [-0.4, -0.2) is 42.1 Å². The molecule has 0 saturated carbocycles. The Morgan fingerprint density at radius 3 is 2.71 bits per heavy atom. The number of piperidine rings is 1. The first-order valence-corrected chi connectivity index (χ1v) is 8.26. The molecule has 1 amide bonds. The Balaban J connectivity index is 1.65.